The van der Waals surface area contributed by atoms with Crippen LogP contribution < -0.4 is 5.32 Å². The molecule has 0 radical (unpaired) electrons. The molecule has 6 heteroatoms. The van der Waals surface area contributed by atoms with Crippen molar-refractivity contribution in [3.05, 3.63) is 55.1 Å². The van der Waals surface area contributed by atoms with E-state index in [-0.39, 0.29) is 10.0 Å². The van der Waals surface area contributed by atoms with Gasteiger partial charge in [-0.25, -0.2) is 8.78 Å². The molecule has 0 aliphatic rings. The molecule has 0 aliphatic carbocycles. The minimum Gasteiger partial charge on any atom is -0.305 e. The molecule has 1 nitrogen and oxygen atoms in total. The van der Waals surface area contributed by atoms with Gasteiger partial charge in [0.25, 0.3) is 0 Å². The van der Waals surface area contributed by atoms with Crippen LogP contribution in [0, 0.1) is 11.6 Å². The summed E-state index contributed by atoms with van der Waals surface area (Å²) in [5.74, 6) is -1.15. The molecule has 0 saturated carbocycles. The van der Waals surface area contributed by atoms with Crippen LogP contribution in [0.2, 0.25) is 4.34 Å². The highest BCUT2D eigenvalue weighted by atomic mass is 79.9. The largest absolute Gasteiger partial charge is 0.305 e. The van der Waals surface area contributed by atoms with Crippen LogP contribution in [-0.4, -0.2) is 6.54 Å². The number of thiophene rings is 1. The van der Waals surface area contributed by atoms with E-state index in [0.29, 0.717) is 10.9 Å². The number of rotatable bonds is 5. The predicted octanol–water partition coefficient (Wildman–Crippen LogP) is 5.53. The SMILES string of the molecule is CCCNC(c1ccc(Cl)s1)c1c(F)ccc(Br)c1F. The Morgan fingerprint density at radius 3 is 2.65 bits per heavy atom. The van der Waals surface area contributed by atoms with E-state index in [9.17, 15) is 8.78 Å². The van der Waals surface area contributed by atoms with Crippen LogP contribution in [0.1, 0.15) is 29.8 Å². The van der Waals surface area contributed by atoms with E-state index < -0.39 is 17.7 Å². The Kier molecular flexibility index (Phi) is 5.55. The molecule has 0 amide bonds. The van der Waals surface area contributed by atoms with Crippen molar-refractivity contribution in [2.75, 3.05) is 6.54 Å². The summed E-state index contributed by atoms with van der Waals surface area (Å²) in [7, 11) is 0. The molecule has 1 unspecified atom stereocenters. The summed E-state index contributed by atoms with van der Waals surface area (Å²) in [6.45, 7) is 2.66. The number of halogens is 4. The van der Waals surface area contributed by atoms with E-state index in [2.05, 4.69) is 21.2 Å². The van der Waals surface area contributed by atoms with Gasteiger partial charge in [0.1, 0.15) is 11.6 Å². The summed E-state index contributed by atoms with van der Waals surface area (Å²) in [6.07, 6.45) is 0.868. The third kappa shape index (κ3) is 3.39. The first-order chi connectivity index (χ1) is 9.54. The van der Waals surface area contributed by atoms with Gasteiger partial charge in [-0.1, -0.05) is 18.5 Å². The van der Waals surface area contributed by atoms with E-state index in [1.54, 1.807) is 12.1 Å². The maximum absolute atomic E-state index is 14.3. The van der Waals surface area contributed by atoms with Crippen LogP contribution >= 0.6 is 38.9 Å². The first kappa shape index (κ1) is 15.9. The van der Waals surface area contributed by atoms with Gasteiger partial charge in [0.05, 0.1) is 14.9 Å². The van der Waals surface area contributed by atoms with Crippen molar-refractivity contribution in [2.45, 2.75) is 19.4 Å². The molecule has 0 aliphatic heterocycles. The second-order valence-electron chi connectivity index (χ2n) is 4.29. The first-order valence-corrected chi connectivity index (χ1v) is 8.15. The fourth-order valence-corrected chi connectivity index (χ4v) is 3.42. The van der Waals surface area contributed by atoms with Crippen LogP contribution in [0.4, 0.5) is 8.78 Å². The normalized spacial score (nSPS) is 12.7. The van der Waals surface area contributed by atoms with E-state index in [0.717, 1.165) is 11.3 Å². The summed E-state index contributed by atoms with van der Waals surface area (Å²) < 4.78 is 29.2. The van der Waals surface area contributed by atoms with Crippen molar-refractivity contribution in [1.29, 1.82) is 0 Å². The van der Waals surface area contributed by atoms with Gasteiger partial charge in [0.2, 0.25) is 0 Å². The summed E-state index contributed by atoms with van der Waals surface area (Å²) in [5, 5.41) is 3.18. The van der Waals surface area contributed by atoms with E-state index in [4.69, 9.17) is 11.6 Å². The first-order valence-electron chi connectivity index (χ1n) is 6.16. The Balaban J connectivity index is 2.49. The standard InChI is InChI=1S/C14H13BrClF2NS/c1-2-7-19-14(10-5-6-11(16)20-10)12-9(17)4-3-8(15)13(12)18/h3-6,14,19H,2,7H2,1H3. The highest BCUT2D eigenvalue weighted by molar-refractivity contribution is 9.10. The van der Waals surface area contributed by atoms with Gasteiger partial charge < -0.3 is 5.32 Å². The molecule has 2 rings (SSSR count). The van der Waals surface area contributed by atoms with Crippen molar-refractivity contribution >= 4 is 38.9 Å². The van der Waals surface area contributed by atoms with Crippen LogP contribution in [-0.2, 0) is 0 Å². The molecular weight excluding hydrogens is 368 g/mol. The molecule has 0 bridgehead atoms. The molecule has 108 valence electrons. The van der Waals surface area contributed by atoms with Crippen LogP contribution in [0.15, 0.2) is 28.7 Å². The van der Waals surface area contributed by atoms with Crippen molar-refractivity contribution in [2.24, 2.45) is 0 Å². The zero-order valence-electron chi connectivity index (χ0n) is 10.7. The Morgan fingerprint density at radius 2 is 2.05 bits per heavy atom. The van der Waals surface area contributed by atoms with Gasteiger partial charge in [-0.3, -0.25) is 0 Å². The maximum Gasteiger partial charge on any atom is 0.145 e. The summed E-state index contributed by atoms with van der Waals surface area (Å²) in [6, 6.07) is 5.62. The van der Waals surface area contributed by atoms with Gasteiger partial charge in [0.15, 0.2) is 0 Å². The topological polar surface area (TPSA) is 12.0 Å². The summed E-state index contributed by atoms with van der Waals surface area (Å²) in [4.78, 5) is 0.791. The zero-order chi connectivity index (χ0) is 14.7. The number of hydrogen-bond donors (Lipinski definition) is 1. The molecule has 1 N–H and O–H groups in total. The third-order valence-electron chi connectivity index (χ3n) is 2.85. The summed E-state index contributed by atoms with van der Waals surface area (Å²) >= 11 is 10.4. The molecule has 20 heavy (non-hydrogen) atoms. The minimum atomic E-state index is -0.580. The molecule has 2 aromatic rings. The second-order valence-corrected chi connectivity index (χ2v) is 6.89. The van der Waals surface area contributed by atoms with Gasteiger partial charge in [-0.05, 0) is 53.2 Å². The van der Waals surface area contributed by atoms with E-state index in [1.165, 1.54) is 23.5 Å². The molecular formula is C14H13BrClF2NS. The molecule has 0 spiro atoms. The monoisotopic (exact) mass is 379 g/mol. The van der Waals surface area contributed by atoms with Crippen molar-refractivity contribution in [1.82, 2.24) is 5.32 Å². The Labute approximate surface area is 134 Å². The van der Waals surface area contributed by atoms with Crippen molar-refractivity contribution < 1.29 is 8.78 Å². The molecule has 1 heterocycles. The summed E-state index contributed by atoms with van der Waals surface area (Å²) in [5.41, 5.74) is 0.0198. The molecule has 0 saturated heterocycles. The van der Waals surface area contributed by atoms with Crippen LogP contribution in [0.25, 0.3) is 0 Å². The lowest BCUT2D eigenvalue weighted by Crippen LogP contribution is -2.24. The Hall–Kier alpha value is -0.490. The van der Waals surface area contributed by atoms with E-state index >= 15 is 0 Å². The van der Waals surface area contributed by atoms with Gasteiger partial charge >= 0.3 is 0 Å². The molecule has 1 atom stereocenters. The van der Waals surface area contributed by atoms with Crippen molar-refractivity contribution in [3.63, 3.8) is 0 Å². The van der Waals surface area contributed by atoms with Gasteiger partial charge in [-0.15, -0.1) is 11.3 Å². The third-order valence-corrected chi connectivity index (χ3v) is 4.75. The van der Waals surface area contributed by atoms with Gasteiger partial charge in [0, 0.05) is 10.4 Å². The predicted molar refractivity (Wildman–Crippen MR) is 83.5 cm³/mol. The zero-order valence-corrected chi connectivity index (χ0v) is 13.9. The van der Waals surface area contributed by atoms with Crippen molar-refractivity contribution in [3.8, 4) is 0 Å². The van der Waals surface area contributed by atoms with Gasteiger partial charge in [-0.2, -0.15) is 0 Å². The van der Waals surface area contributed by atoms with Crippen LogP contribution in [0.3, 0.4) is 0 Å². The highest BCUT2D eigenvalue weighted by Gasteiger charge is 2.24. The fourth-order valence-electron chi connectivity index (χ4n) is 1.92. The lowest BCUT2D eigenvalue weighted by Gasteiger charge is -2.19. The molecule has 0 fully saturated rings. The lowest BCUT2D eigenvalue weighted by atomic mass is 10.0. The Morgan fingerprint density at radius 1 is 1.30 bits per heavy atom. The highest BCUT2D eigenvalue weighted by Crippen LogP contribution is 2.35. The lowest BCUT2D eigenvalue weighted by molar-refractivity contribution is 0.503. The number of hydrogen-bond acceptors (Lipinski definition) is 2. The quantitative estimate of drug-likeness (QED) is 0.672. The Bertz CT molecular complexity index is 603. The molecule has 1 aromatic carbocycles. The number of benzene rings is 1. The average molecular weight is 381 g/mol. The molecule has 1 aromatic heterocycles. The smallest absolute Gasteiger partial charge is 0.145 e. The maximum atomic E-state index is 14.3. The number of nitrogens with one attached hydrogen (secondary N) is 1. The van der Waals surface area contributed by atoms with Crippen LogP contribution in [0.5, 0.6) is 0 Å². The fraction of sp³-hybridized carbons (Fsp3) is 0.286. The second kappa shape index (κ2) is 6.98. The van der Waals surface area contributed by atoms with E-state index in [1.807, 2.05) is 6.92 Å². The average Bonchev–Trinajstić information content (AvgIpc) is 2.84. The minimum absolute atomic E-state index is 0.0198.